The van der Waals surface area contributed by atoms with E-state index in [2.05, 4.69) is 14.8 Å². The van der Waals surface area contributed by atoms with Crippen LogP contribution in [-0.2, 0) is 0 Å². The summed E-state index contributed by atoms with van der Waals surface area (Å²) in [6.07, 6.45) is 8.42. The predicted molar refractivity (Wildman–Crippen MR) is 105 cm³/mol. The van der Waals surface area contributed by atoms with Gasteiger partial charge in [-0.2, -0.15) is 0 Å². The Labute approximate surface area is 155 Å². The van der Waals surface area contributed by atoms with Crippen molar-refractivity contribution in [1.82, 2.24) is 14.8 Å². The van der Waals surface area contributed by atoms with Gasteiger partial charge in [-0.25, -0.2) is 0 Å². The summed E-state index contributed by atoms with van der Waals surface area (Å²) in [4.78, 5) is 8.35. The van der Waals surface area contributed by atoms with E-state index in [0.29, 0.717) is 6.54 Å². The lowest BCUT2D eigenvalue weighted by atomic mass is 9.94. The number of ether oxygens (including phenoxy) is 1. The summed E-state index contributed by atoms with van der Waals surface area (Å²) in [5.41, 5.74) is 2.01. The van der Waals surface area contributed by atoms with Crippen molar-refractivity contribution in [2.75, 3.05) is 39.8 Å². The van der Waals surface area contributed by atoms with Gasteiger partial charge in [0.1, 0.15) is 5.75 Å². The summed E-state index contributed by atoms with van der Waals surface area (Å²) in [5, 5.41) is 11.9. The van der Waals surface area contributed by atoms with E-state index < -0.39 is 6.10 Å². The SMILES string of the molecule is COc1ccc2[nH]cc(C(O)CN3CCN(C4CCCCC4)CC3)c2c1. The van der Waals surface area contributed by atoms with Crippen molar-refractivity contribution in [3.05, 3.63) is 30.0 Å². The van der Waals surface area contributed by atoms with Crippen molar-refractivity contribution in [1.29, 1.82) is 0 Å². The second-order valence-corrected chi connectivity index (χ2v) is 7.80. The highest BCUT2D eigenvalue weighted by atomic mass is 16.5. The number of methoxy groups -OCH3 is 1. The first-order valence-corrected chi connectivity index (χ1v) is 10.0. The number of aliphatic hydroxyl groups is 1. The van der Waals surface area contributed by atoms with Crippen molar-refractivity contribution in [3.8, 4) is 5.75 Å². The highest BCUT2D eigenvalue weighted by Gasteiger charge is 2.26. The molecule has 2 N–H and O–H groups in total. The summed E-state index contributed by atoms with van der Waals surface area (Å²) in [7, 11) is 1.68. The van der Waals surface area contributed by atoms with Gasteiger partial charge in [-0.15, -0.1) is 0 Å². The predicted octanol–water partition coefficient (Wildman–Crippen LogP) is 3.16. The van der Waals surface area contributed by atoms with Gasteiger partial charge in [-0.1, -0.05) is 19.3 Å². The van der Waals surface area contributed by atoms with E-state index in [1.165, 1.54) is 32.1 Å². The Morgan fingerprint density at radius 1 is 1.15 bits per heavy atom. The van der Waals surface area contributed by atoms with E-state index in [9.17, 15) is 5.11 Å². The van der Waals surface area contributed by atoms with E-state index in [1.807, 2.05) is 24.4 Å². The number of aromatic nitrogens is 1. The number of hydrogen-bond donors (Lipinski definition) is 2. The van der Waals surface area contributed by atoms with Crippen molar-refractivity contribution in [2.24, 2.45) is 0 Å². The zero-order chi connectivity index (χ0) is 17.9. The minimum atomic E-state index is -0.475. The molecule has 26 heavy (non-hydrogen) atoms. The molecule has 0 spiro atoms. The van der Waals surface area contributed by atoms with E-state index >= 15 is 0 Å². The van der Waals surface area contributed by atoms with E-state index in [-0.39, 0.29) is 0 Å². The minimum absolute atomic E-state index is 0.475. The maximum atomic E-state index is 10.8. The van der Waals surface area contributed by atoms with Crippen molar-refractivity contribution in [3.63, 3.8) is 0 Å². The van der Waals surface area contributed by atoms with Crippen LogP contribution < -0.4 is 4.74 Å². The van der Waals surface area contributed by atoms with Gasteiger partial charge in [0.15, 0.2) is 0 Å². The number of H-pyrrole nitrogens is 1. The van der Waals surface area contributed by atoms with Crippen LogP contribution in [0, 0.1) is 0 Å². The molecule has 2 heterocycles. The average Bonchev–Trinajstić information content (AvgIpc) is 3.12. The van der Waals surface area contributed by atoms with Crippen LogP contribution in [0.4, 0.5) is 0 Å². The lowest BCUT2D eigenvalue weighted by molar-refractivity contribution is 0.0479. The molecule has 1 aromatic carbocycles. The fourth-order valence-electron chi connectivity index (χ4n) is 4.62. The normalized spacial score (nSPS) is 21.9. The molecular formula is C21H31N3O2. The number of benzene rings is 1. The first-order chi connectivity index (χ1) is 12.7. The standard InChI is InChI=1S/C21H31N3O2/c1-26-17-7-8-20-18(13-17)19(14-22-20)21(25)15-23-9-11-24(12-10-23)16-5-3-2-4-6-16/h7-8,13-14,16,21-22,25H,2-6,9-12,15H2,1H3. The minimum Gasteiger partial charge on any atom is -0.497 e. The van der Waals surface area contributed by atoms with Gasteiger partial charge in [0.25, 0.3) is 0 Å². The summed E-state index contributed by atoms with van der Waals surface area (Å²) in [6.45, 7) is 5.08. The first-order valence-electron chi connectivity index (χ1n) is 10.0. The Morgan fingerprint density at radius 3 is 2.65 bits per heavy atom. The van der Waals surface area contributed by atoms with Crippen molar-refractivity contribution < 1.29 is 9.84 Å². The molecule has 4 rings (SSSR count). The Balaban J connectivity index is 1.36. The molecule has 0 amide bonds. The smallest absolute Gasteiger partial charge is 0.119 e. The molecular weight excluding hydrogens is 326 g/mol. The highest BCUT2D eigenvalue weighted by Crippen LogP contribution is 2.29. The number of rotatable bonds is 5. The summed E-state index contributed by atoms with van der Waals surface area (Å²) in [6, 6.07) is 6.76. The summed E-state index contributed by atoms with van der Waals surface area (Å²) < 4.78 is 5.33. The van der Waals surface area contributed by atoms with Crippen LogP contribution in [0.3, 0.4) is 0 Å². The van der Waals surface area contributed by atoms with Crippen LogP contribution in [0.1, 0.15) is 43.8 Å². The van der Waals surface area contributed by atoms with Crippen LogP contribution in [-0.4, -0.2) is 65.8 Å². The van der Waals surface area contributed by atoms with Gasteiger partial charge in [-0.05, 0) is 31.0 Å². The van der Waals surface area contributed by atoms with E-state index in [4.69, 9.17) is 4.74 Å². The molecule has 1 aliphatic carbocycles. The molecule has 1 atom stereocenters. The zero-order valence-electron chi connectivity index (χ0n) is 15.8. The molecule has 1 saturated carbocycles. The van der Waals surface area contributed by atoms with E-state index in [0.717, 1.165) is 54.4 Å². The number of hydrogen-bond acceptors (Lipinski definition) is 4. The zero-order valence-corrected chi connectivity index (χ0v) is 15.8. The van der Waals surface area contributed by atoms with Gasteiger partial charge >= 0.3 is 0 Å². The first kappa shape index (κ1) is 17.8. The average molecular weight is 357 g/mol. The van der Waals surface area contributed by atoms with Gasteiger partial charge in [0.05, 0.1) is 13.2 Å². The molecule has 0 radical (unpaired) electrons. The van der Waals surface area contributed by atoms with Gasteiger partial charge in [0, 0.05) is 61.4 Å². The number of β-amino-alcohol motifs (C(OH)–C–C–N with tert-alkyl or cyclic N) is 1. The molecule has 1 aliphatic heterocycles. The maximum absolute atomic E-state index is 10.8. The number of aromatic amines is 1. The number of aliphatic hydroxyl groups excluding tert-OH is 1. The molecule has 1 aromatic heterocycles. The molecule has 2 aromatic rings. The molecule has 1 unspecified atom stereocenters. The molecule has 1 saturated heterocycles. The summed E-state index contributed by atoms with van der Waals surface area (Å²) >= 11 is 0. The molecule has 0 bridgehead atoms. The lowest BCUT2D eigenvalue weighted by Gasteiger charge is -2.41. The number of piperazine rings is 1. The van der Waals surface area contributed by atoms with Crippen LogP contribution in [0.5, 0.6) is 5.75 Å². The lowest BCUT2D eigenvalue weighted by Crippen LogP contribution is -2.51. The third-order valence-corrected chi connectivity index (χ3v) is 6.21. The van der Waals surface area contributed by atoms with Crippen molar-refractivity contribution >= 4 is 10.9 Å². The molecule has 142 valence electrons. The Hall–Kier alpha value is -1.56. The Morgan fingerprint density at radius 2 is 1.92 bits per heavy atom. The highest BCUT2D eigenvalue weighted by molar-refractivity contribution is 5.85. The van der Waals surface area contributed by atoms with Gasteiger partial charge in [-0.3, -0.25) is 9.80 Å². The molecule has 5 heteroatoms. The number of nitrogens with zero attached hydrogens (tertiary/aromatic N) is 2. The van der Waals surface area contributed by atoms with Crippen LogP contribution >= 0.6 is 0 Å². The number of fused-ring (bicyclic) bond motifs is 1. The van der Waals surface area contributed by atoms with Gasteiger partial charge in [0.2, 0.25) is 0 Å². The second kappa shape index (κ2) is 7.99. The van der Waals surface area contributed by atoms with E-state index in [1.54, 1.807) is 7.11 Å². The monoisotopic (exact) mass is 357 g/mol. The quantitative estimate of drug-likeness (QED) is 0.863. The second-order valence-electron chi connectivity index (χ2n) is 7.80. The van der Waals surface area contributed by atoms with Crippen LogP contribution in [0.15, 0.2) is 24.4 Å². The largest absolute Gasteiger partial charge is 0.497 e. The third kappa shape index (κ3) is 3.75. The molecule has 2 aliphatic rings. The van der Waals surface area contributed by atoms with Crippen LogP contribution in [0.2, 0.25) is 0 Å². The van der Waals surface area contributed by atoms with Gasteiger partial charge < -0.3 is 14.8 Å². The Kier molecular flexibility index (Phi) is 5.48. The molecule has 5 nitrogen and oxygen atoms in total. The Bertz CT molecular complexity index is 715. The third-order valence-electron chi connectivity index (χ3n) is 6.21. The fraction of sp³-hybridized carbons (Fsp3) is 0.619. The summed E-state index contributed by atoms with van der Waals surface area (Å²) in [5.74, 6) is 0.826. The van der Waals surface area contributed by atoms with Crippen LogP contribution in [0.25, 0.3) is 10.9 Å². The maximum Gasteiger partial charge on any atom is 0.119 e. The molecule has 2 fully saturated rings. The number of nitrogens with one attached hydrogen (secondary N) is 1. The topological polar surface area (TPSA) is 51.7 Å². The fourth-order valence-corrected chi connectivity index (χ4v) is 4.62. The van der Waals surface area contributed by atoms with Crippen molar-refractivity contribution in [2.45, 2.75) is 44.2 Å².